The van der Waals surface area contributed by atoms with Crippen molar-refractivity contribution in [2.24, 2.45) is 5.73 Å². The molecule has 1 unspecified atom stereocenters. The summed E-state index contributed by atoms with van der Waals surface area (Å²) in [5.41, 5.74) is 8.12. The minimum absolute atomic E-state index is 0.159. The molecule has 0 spiro atoms. The van der Waals surface area contributed by atoms with Gasteiger partial charge in [0.05, 0.1) is 0 Å². The predicted molar refractivity (Wildman–Crippen MR) is 85.1 cm³/mol. The highest BCUT2D eigenvalue weighted by atomic mass is 35.5. The molecule has 0 aliphatic carbocycles. The van der Waals surface area contributed by atoms with Gasteiger partial charge in [-0.2, -0.15) is 0 Å². The molecule has 1 aromatic heterocycles. The first kappa shape index (κ1) is 14.8. The number of nitrogens with two attached hydrogens (primary N) is 1. The zero-order valence-corrected chi connectivity index (χ0v) is 12.6. The van der Waals surface area contributed by atoms with Gasteiger partial charge in [-0.25, -0.2) is 4.98 Å². The molecule has 1 atom stereocenters. The highest BCUT2D eigenvalue weighted by Gasteiger charge is 2.05. The van der Waals surface area contributed by atoms with Gasteiger partial charge < -0.3 is 10.6 Å². The molecule has 20 heavy (non-hydrogen) atoms. The molecule has 0 radical (unpaired) electrons. The van der Waals surface area contributed by atoms with Gasteiger partial charge in [0.15, 0.2) is 0 Å². The summed E-state index contributed by atoms with van der Waals surface area (Å²) in [6, 6.07) is 12.2. The first-order valence-electron chi connectivity index (χ1n) is 6.70. The third-order valence-electron chi connectivity index (χ3n) is 3.07. The van der Waals surface area contributed by atoms with E-state index in [4.69, 9.17) is 17.3 Å². The lowest BCUT2D eigenvalue weighted by molar-refractivity contribution is 0.735. The maximum atomic E-state index is 6.00. The summed E-state index contributed by atoms with van der Waals surface area (Å²) in [5.74, 6) is 0.943. The van der Waals surface area contributed by atoms with Crippen molar-refractivity contribution >= 4 is 17.4 Å². The largest absolute Gasteiger partial charge is 0.355 e. The monoisotopic (exact) mass is 289 g/mol. The van der Waals surface area contributed by atoms with Crippen molar-refractivity contribution in [2.45, 2.75) is 25.9 Å². The predicted octanol–water partition coefficient (Wildman–Crippen LogP) is 3.26. The van der Waals surface area contributed by atoms with E-state index in [0.717, 1.165) is 23.8 Å². The van der Waals surface area contributed by atoms with E-state index in [1.165, 1.54) is 11.1 Å². The van der Waals surface area contributed by atoms with E-state index in [1.54, 1.807) is 0 Å². The van der Waals surface area contributed by atoms with E-state index in [-0.39, 0.29) is 6.04 Å². The summed E-state index contributed by atoms with van der Waals surface area (Å²) < 4.78 is 0. The van der Waals surface area contributed by atoms with Crippen LogP contribution < -0.4 is 10.6 Å². The second-order valence-electron chi connectivity index (χ2n) is 5.19. The van der Waals surface area contributed by atoms with E-state index in [2.05, 4.69) is 22.0 Å². The van der Waals surface area contributed by atoms with Crippen LogP contribution in [0.15, 0.2) is 42.6 Å². The average Bonchev–Trinajstić information content (AvgIpc) is 2.38. The summed E-state index contributed by atoms with van der Waals surface area (Å²) in [5, 5.41) is 0.760. The van der Waals surface area contributed by atoms with E-state index in [0.29, 0.717) is 0 Å². The molecule has 1 heterocycles. The molecule has 0 fully saturated rings. The Labute approximate surface area is 125 Å². The molecule has 0 bridgehead atoms. The second kappa shape index (κ2) is 6.73. The van der Waals surface area contributed by atoms with Crippen LogP contribution in [0.2, 0.25) is 5.02 Å². The van der Waals surface area contributed by atoms with E-state index >= 15 is 0 Å². The number of aromatic nitrogens is 1. The molecular weight excluding hydrogens is 270 g/mol. The Bertz CT molecular complexity index is 552. The van der Waals surface area contributed by atoms with Crippen LogP contribution in [0.4, 0.5) is 5.82 Å². The van der Waals surface area contributed by atoms with Crippen LogP contribution in [0, 0.1) is 0 Å². The lowest BCUT2D eigenvalue weighted by Gasteiger charge is -2.18. The standard InChI is InChI=1S/C16H20ClN3/c1-12(18)8-13-6-7-16(19-10-13)20(2)11-14-4-3-5-15(17)9-14/h3-7,9-10,12H,8,11,18H2,1-2H3. The number of benzene rings is 1. The van der Waals surface area contributed by atoms with Crippen molar-refractivity contribution in [3.63, 3.8) is 0 Å². The maximum Gasteiger partial charge on any atom is 0.128 e. The van der Waals surface area contributed by atoms with Gasteiger partial charge in [-0.3, -0.25) is 0 Å². The summed E-state index contributed by atoms with van der Waals surface area (Å²) in [7, 11) is 2.02. The minimum Gasteiger partial charge on any atom is -0.355 e. The molecular formula is C16H20ClN3. The van der Waals surface area contributed by atoms with Crippen molar-refractivity contribution in [1.29, 1.82) is 0 Å². The van der Waals surface area contributed by atoms with Gasteiger partial charge in [0, 0.05) is 30.9 Å². The van der Waals surface area contributed by atoms with Gasteiger partial charge in [0.2, 0.25) is 0 Å². The maximum absolute atomic E-state index is 6.00. The van der Waals surface area contributed by atoms with Crippen LogP contribution in [-0.4, -0.2) is 18.1 Å². The van der Waals surface area contributed by atoms with Crippen LogP contribution >= 0.6 is 11.6 Å². The first-order valence-corrected chi connectivity index (χ1v) is 7.08. The molecule has 0 amide bonds. The molecule has 0 aliphatic heterocycles. The third kappa shape index (κ3) is 4.22. The van der Waals surface area contributed by atoms with Gasteiger partial charge in [-0.15, -0.1) is 0 Å². The fourth-order valence-electron chi connectivity index (χ4n) is 2.13. The Morgan fingerprint density at radius 3 is 2.65 bits per heavy atom. The molecule has 2 aromatic rings. The molecule has 4 heteroatoms. The van der Waals surface area contributed by atoms with Crippen LogP contribution in [-0.2, 0) is 13.0 Å². The Kier molecular flexibility index (Phi) is 4.99. The van der Waals surface area contributed by atoms with E-state index in [9.17, 15) is 0 Å². The first-order chi connectivity index (χ1) is 9.54. The van der Waals surface area contributed by atoms with Crippen LogP contribution in [0.3, 0.4) is 0 Å². The molecule has 106 valence electrons. The minimum atomic E-state index is 0.159. The SMILES string of the molecule is CC(N)Cc1ccc(N(C)Cc2cccc(Cl)c2)nc1. The third-order valence-corrected chi connectivity index (χ3v) is 3.30. The lowest BCUT2D eigenvalue weighted by Crippen LogP contribution is -2.19. The topological polar surface area (TPSA) is 42.1 Å². The van der Waals surface area contributed by atoms with E-state index in [1.807, 2.05) is 44.4 Å². The van der Waals surface area contributed by atoms with Crippen LogP contribution in [0.25, 0.3) is 0 Å². The normalized spacial score (nSPS) is 12.2. The summed E-state index contributed by atoms with van der Waals surface area (Å²) in [4.78, 5) is 6.59. The second-order valence-corrected chi connectivity index (χ2v) is 5.63. The number of hydrogen-bond donors (Lipinski definition) is 1. The van der Waals surface area contributed by atoms with Crippen LogP contribution in [0.1, 0.15) is 18.1 Å². The van der Waals surface area contributed by atoms with Crippen LogP contribution in [0.5, 0.6) is 0 Å². The number of pyridine rings is 1. The smallest absolute Gasteiger partial charge is 0.128 e. The Hall–Kier alpha value is -1.58. The molecule has 2 N–H and O–H groups in total. The van der Waals surface area contributed by atoms with E-state index < -0.39 is 0 Å². The lowest BCUT2D eigenvalue weighted by atomic mass is 10.1. The fraction of sp³-hybridized carbons (Fsp3) is 0.312. The summed E-state index contributed by atoms with van der Waals surface area (Å²) >= 11 is 6.00. The van der Waals surface area contributed by atoms with Gasteiger partial charge in [-0.05, 0) is 42.7 Å². The molecule has 0 aliphatic rings. The Balaban J connectivity index is 2.03. The summed E-state index contributed by atoms with van der Waals surface area (Å²) in [6.45, 7) is 2.78. The fourth-order valence-corrected chi connectivity index (χ4v) is 2.34. The molecule has 0 saturated carbocycles. The Morgan fingerprint density at radius 1 is 1.25 bits per heavy atom. The van der Waals surface area contributed by atoms with Gasteiger partial charge in [0.25, 0.3) is 0 Å². The van der Waals surface area contributed by atoms with Crippen molar-refractivity contribution in [2.75, 3.05) is 11.9 Å². The average molecular weight is 290 g/mol. The molecule has 1 aromatic carbocycles. The molecule has 2 rings (SSSR count). The zero-order valence-electron chi connectivity index (χ0n) is 11.9. The number of nitrogens with zero attached hydrogens (tertiary/aromatic N) is 2. The Morgan fingerprint density at radius 2 is 2.05 bits per heavy atom. The number of rotatable bonds is 5. The van der Waals surface area contributed by atoms with Crippen molar-refractivity contribution in [3.8, 4) is 0 Å². The van der Waals surface area contributed by atoms with Gasteiger partial charge in [-0.1, -0.05) is 29.8 Å². The molecule has 0 saturated heterocycles. The number of anilines is 1. The number of halogens is 1. The highest BCUT2D eigenvalue weighted by Crippen LogP contribution is 2.16. The van der Waals surface area contributed by atoms with Crippen molar-refractivity contribution < 1.29 is 0 Å². The van der Waals surface area contributed by atoms with Gasteiger partial charge >= 0.3 is 0 Å². The zero-order chi connectivity index (χ0) is 14.5. The van der Waals surface area contributed by atoms with Crippen molar-refractivity contribution in [1.82, 2.24) is 4.98 Å². The quantitative estimate of drug-likeness (QED) is 0.919. The highest BCUT2D eigenvalue weighted by molar-refractivity contribution is 6.30. The number of hydrogen-bond acceptors (Lipinski definition) is 3. The van der Waals surface area contributed by atoms with Gasteiger partial charge in [0.1, 0.15) is 5.82 Å². The molecule has 3 nitrogen and oxygen atoms in total. The summed E-state index contributed by atoms with van der Waals surface area (Å²) in [6.07, 6.45) is 2.75. The van der Waals surface area contributed by atoms with Crippen molar-refractivity contribution in [3.05, 3.63) is 58.7 Å².